The van der Waals surface area contributed by atoms with Crippen LogP contribution < -0.4 is 0 Å². The van der Waals surface area contributed by atoms with Crippen molar-refractivity contribution in [1.29, 1.82) is 0 Å². The molecule has 0 fully saturated rings. The van der Waals surface area contributed by atoms with E-state index in [4.69, 9.17) is 16.3 Å². The molecule has 28 heavy (non-hydrogen) atoms. The van der Waals surface area contributed by atoms with Crippen molar-refractivity contribution in [1.82, 2.24) is 9.55 Å². The van der Waals surface area contributed by atoms with Crippen molar-refractivity contribution < 1.29 is 4.74 Å². The Labute approximate surface area is 176 Å². The Bertz CT molecular complexity index is 598. The molecule has 0 radical (unpaired) electrons. The molecule has 2 rings (SSSR count). The predicted octanol–water partition coefficient (Wildman–Crippen LogP) is 7.61. The van der Waals surface area contributed by atoms with E-state index in [9.17, 15) is 0 Å². The van der Waals surface area contributed by atoms with Crippen LogP contribution in [0.3, 0.4) is 0 Å². The molecule has 2 aromatic rings. The summed E-state index contributed by atoms with van der Waals surface area (Å²) >= 11 is 6.04. The van der Waals surface area contributed by atoms with E-state index in [1.165, 1.54) is 63.4 Å². The molecule has 1 atom stereocenters. The van der Waals surface area contributed by atoms with Gasteiger partial charge in [-0.25, -0.2) is 4.98 Å². The van der Waals surface area contributed by atoms with Crippen LogP contribution in [0.25, 0.3) is 0 Å². The molecule has 0 saturated heterocycles. The van der Waals surface area contributed by atoms with Crippen LogP contribution in [-0.2, 0) is 11.3 Å². The number of imidazole rings is 1. The van der Waals surface area contributed by atoms with E-state index in [0.717, 1.165) is 31.0 Å². The molecule has 0 aliphatic carbocycles. The molecule has 0 bridgehead atoms. The topological polar surface area (TPSA) is 27.1 Å². The van der Waals surface area contributed by atoms with E-state index in [2.05, 4.69) is 28.6 Å². The zero-order chi connectivity index (χ0) is 19.9. The number of aryl methyl sites for hydroxylation is 1. The Balaban J connectivity index is 1.62. The number of hydrogen-bond acceptors (Lipinski definition) is 2. The molecule has 0 aliphatic heterocycles. The van der Waals surface area contributed by atoms with E-state index in [1.54, 1.807) is 0 Å². The summed E-state index contributed by atoms with van der Waals surface area (Å²) in [4.78, 5) is 4.12. The molecule has 0 spiro atoms. The molecule has 1 aromatic carbocycles. The van der Waals surface area contributed by atoms with Gasteiger partial charge >= 0.3 is 0 Å². The van der Waals surface area contributed by atoms with Crippen molar-refractivity contribution in [3.05, 3.63) is 53.6 Å². The Hall–Kier alpha value is -1.32. The molecule has 4 heteroatoms. The lowest BCUT2D eigenvalue weighted by Crippen LogP contribution is -2.09. The fourth-order valence-corrected chi connectivity index (χ4v) is 3.65. The Morgan fingerprint density at radius 2 is 1.57 bits per heavy atom. The van der Waals surface area contributed by atoms with E-state index in [-0.39, 0.29) is 6.10 Å². The summed E-state index contributed by atoms with van der Waals surface area (Å²) in [5, 5.41) is 0.770. The van der Waals surface area contributed by atoms with E-state index in [0.29, 0.717) is 0 Å². The van der Waals surface area contributed by atoms with Gasteiger partial charge < -0.3 is 9.30 Å². The number of hydrogen-bond donors (Lipinski definition) is 0. The minimum Gasteiger partial charge on any atom is -0.373 e. The van der Waals surface area contributed by atoms with Crippen LogP contribution in [0, 0.1) is 0 Å². The van der Waals surface area contributed by atoms with Crippen molar-refractivity contribution in [3.63, 3.8) is 0 Å². The first-order chi connectivity index (χ1) is 13.8. The van der Waals surface area contributed by atoms with Gasteiger partial charge in [-0.2, -0.15) is 0 Å². The molecule has 0 aliphatic rings. The minimum absolute atomic E-state index is 0.109. The number of unbranched alkanes of at least 4 members (excludes halogenated alkanes) is 9. The van der Waals surface area contributed by atoms with E-state index >= 15 is 0 Å². The second kappa shape index (κ2) is 14.6. The van der Waals surface area contributed by atoms with Gasteiger partial charge in [-0.15, -0.1) is 0 Å². The summed E-state index contributed by atoms with van der Waals surface area (Å²) in [5.41, 5.74) is 1.21. The number of nitrogens with zero attached hydrogens (tertiary/aromatic N) is 2. The van der Waals surface area contributed by atoms with Crippen molar-refractivity contribution >= 4 is 11.6 Å². The summed E-state index contributed by atoms with van der Waals surface area (Å²) in [6.07, 6.45) is 20.2. The van der Waals surface area contributed by atoms with Gasteiger partial charge in [0.1, 0.15) is 0 Å². The summed E-state index contributed by atoms with van der Waals surface area (Å²) in [7, 11) is 0. The number of ether oxygens (including phenoxy) is 1. The van der Waals surface area contributed by atoms with Gasteiger partial charge in [-0.05, 0) is 30.5 Å². The van der Waals surface area contributed by atoms with Gasteiger partial charge in [0.2, 0.25) is 0 Å². The first kappa shape index (κ1) is 23.0. The van der Waals surface area contributed by atoms with Crippen LogP contribution in [0.15, 0.2) is 43.0 Å². The van der Waals surface area contributed by atoms with Gasteiger partial charge in [0.15, 0.2) is 0 Å². The van der Waals surface area contributed by atoms with E-state index in [1.807, 2.05) is 30.9 Å². The third-order valence-corrected chi connectivity index (χ3v) is 5.52. The number of rotatable bonds is 16. The van der Waals surface area contributed by atoms with Crippen LogP contribution in [0.1, 0.15) is 89.2 Å². The fraction of sp³-hybridized carbons (Fsp3) is 0.625. The van der Waals surface area contributed by atoms with Crippen LogP contribution in [0.4, 0.5) is 0 Å². The molecule has 0 saturated carbocycles. The van der Waals surface area contributed by atoms with Crippen molar-refractivity contribution in [2.24, 2.45) is 0 Å². The van der Waals surface area contributed by atoms with Crippen molar-refractivity contribution in [2.75, 3.05) is 6.61 Å². The highest BCUT2D eigenvalue weighted by atomic mass is 35.5. The summed E-state index contributed by atoms with van der Waals surface area (Å²) < 4.78 is 8.37. The zero-order valence-electron chi connectivity index (χ0n) is 17.5. The first-order valence-electron chi connectivity index (χ1n) is 11.1. The van der Waals surface area contributed by atoms with Gasteiger partial charge in [0, 0.05) is 30.6 Å². The van der Waals surface area contributed by atoms with Crippen molar-refractivity contribution in [3.8, 4) is 0 Å². The molecular formula is C24H37ClN2O. The molecular weight excluding hydrogens is 368 g/mol. The maximum atomic E-state index is 6.26. The van der Waals surface area contributed by atoms with Crippen LogP contribution >= 0.6 is 11.6 Å². The highest BCUT2D eigenvalue weighted by Gasteiger charge is 2.12. The quantitative estimate of drug-likeness (QED) is 0.269. The van der Waals surface area contributed by atoms with Crippen LogP contribution in [0.5, 0.6) is 0 Å². The Kier molecular flexibility index (Phi) is 12.0. The number of halogens is 1. The lowest BCUT2D eigenvalue weighted by atomic mass is 10.1. The second-order valence-electron chi connectivity index (χ2n) is 7.68. The summed E-state index contributed by atoms with van der Waals surface area (Å²) in [5.74, 6) is 0. The maximum absolute atomic E-state index is 6.26. The van der Waals surface area contributed by atoms with Gasteiger partial charge in [-0.1, -0.05) is 88.4 Å². The first-order valence-corrected chi connectivity index (χ1v) is 11.5. The molecule has 156 valence electrons. The standard InChI is InChI=1S/C24H37ClN2O/c1-2-3-4-5-6-7-8-9-10-11-20-28-24(16-18-27-19-17-26-21-27)22-12-14-23(25)15-13-22/h12-15,17,19,21,24H,2-11,16,18,20H2,1H3. The molecule has 3 nitrogen and oxygen atoms in total. The van der Waals surface area contributed by atoms with Gasteiger partial charge in [-0.3, -0.25) is 0 Å². The molecule has 0 N–H and O–H groups in total. The normalized spacial score (nSPS) is 12.4. The lowest BCUT2D eigenvalue weighted by Gasteiger charge is -2.19. The lowest BCUT2D eigenvalue weighted by molar-refractivity contribution is 0.0410. The third-order valence-electron chi connectivity index (χ3n) is 5.27. The largest absolute Gasteiger partial charge is 0.373 e. The highest BCUT2D eigenvalue weighted by Crippen LogP contribution is 2.24. The zero-order valence-corrected chi connectivity index (χ0v) is 18.2. The average molecular weight is 405 g/mol. The monoisotopic (exact) mass is 404 g/mol. The summed E-state index contributed by atoms with van der Waals surface area (Å²) in [6.45, 7) is 4.01. The number of benzene rings is 1. The Morgan fingerprint density at radius 1 is 0.929 bits per heavy atom. The second-order valence-corrected chi connectivity index (χ2v) is 8.12. The predicted molar refractivity (Wildman–Crippen MR) is 119 cm³/mol. The smallest absolute Gasteiger partial charge is 0.0945 e. The number of aromatic nitrogens is 2. The average Bonchev–Trinajstić information content (AvgIpc) is 3.23. The van der Waals surface area contributed by atoms with Gasteiger partial charge in [0.25, 0.3) is 0 Å². The van der Waals surface area contributed by atoms with Gasteiger partial charge in [0.05, 0.1) is 12.4 Å². The highest BCUT2D eigenvalue weighted by molar-refractivity contribution is 6.30. The fourth-order valence-electron chi connectivity index (χ4n) is 3.52. The molecule has 1 unspecified atom stereocenters. The van der Waals surface area contributed by atoms with Crippen LogP contribution in [0.2, 0.25) is 5.02 Å². The SMILES string of the molecule is CCCCCCCCCCCCOC(CCn1ccnc1)c1ccc(Cl)cc1. The molecule has 1 aromatic heterocycles. The minimum atomic E-state index is 0.109. The molecule has 1 heterocycles. The maximum Gasteiger partial charge on any atom is 0.0945 e. The van der Waals surface area contributed by atoms with Crippen LogP contribution in [-0.4, -0.2) is 16.2 Å². The van der Waals surface area contributed by atoms with E-state index < -0.39 is 0 Å². The van der Waals surface area contributed by atoms with Crippen molar-refractivity contribution in [2.45, 2.75) is 90.2 Å². The summed E-state index contributed by atoms with van der Waals surface area (Å²) in [6, 6.07) is 8.06. The third kappa shape index (κ3) is 9.75. The molecule has 0 amide bonds. The Morgan fingerprint density at radius 3 is 2.18 bits per heavy atom.